The van der Waals surface area contributed by atoms with Gasteiger partial charge in [0.15, 0.2) is 0 Å². The molecular weight excluding hydrogens is 328 g/mol. The fourth-order valence-electron chi connectivity index (χ4n) is 3.34. The maximum atomic E-state index is 9.95. The zero-order valence-corrected chi connectivity index (χ0v) is 16.6. The molecule has 0 aliphatic heterocycles. The van der Waals surface area contributed by atoms with E-state index in [9.17, 15) is 10.2 Å². The van der Waals surface area contributed by atoms with Crippen molar-refractivity contribution < 1.29 is 14.6 Å². The molecule has 2 rings (SSSR count). The summed E-state index contributed by atoms with van der Waals surface area (Å²) < 4.78 is 6.65. The molecular formula is C21H30O3Si. The van der Waals surface area contributed by atoms with E-state index in [1.54, 1.807) is 6.92 Å². The van der Waals surface area contributed by atoms with Crippen LogP contribution in [0.15, 0.2) is 60.7 Å². The number of aliphatic hydroxyl groups is 2. The number of hydrogen-bond donors (Lipinski definition) is 2. The monoisotopic (exact) mass is 358 g/mol. The van der Waals surface area contributed by atoms with Crippen molar-refractivity contribution >= 4 is 18.7 Å². The maximum absolute atomic E-state index is 9.95. The lowest BCUT2D eigenvalue weighted by Gasteiger charge is -2.43. The highest BCUT2D eigenvalue weighted by molar-refractivity contribution is 6.99. The Bertz CT molecular complexity index is 596. The van der Waals surface area contributed by atoms with Crippen molar-refractivity contribution in [3.8, 4) is 0 Å². The largest absolute Gasteiger partial charge is 0.407 e. The highest BCUT2D eigenvalue weighted by Gasteiger charge is 2.50. The zero-order valence-electron chi connectivity index (χ0n) is 15.6. The topological polar surface area (TPSA) is 49.7 Å². The molecule has 4 heteroatoms. The fourth-order valence-corrected chi connectivity index (χ4v) is 7.92. The van der Waals surface area contributed by atoms with Gasteiger partial charge in [0.2, 0.25) is 0 Å². The Hall–Kier alpha value is -1.46. The minimum atomic E-state index is -2.54. The van der Waals surface area contributed by atoms with E-state index in [-0.39, 0.29) is 5.04 Å². The Morgan fingerprint density at radius 3 is 1.68 bits per heavy atom. The molecule has 0 radical (unpaired) electrons. The number of benzene rings is 2. The Morgan fingerprint density at radius 1 is 0.880 bits per heavy atom. The van der Waals surface area contributed by atoms with Crippen LogP contribution in [0.3, 0.4) is 0 Å². The van der Waals surface area contributed by atoms with Crippen molar-refractivity contribution in [3.63, 3.8) is 0 Å². The molecule has 0 amide bonds. The van der Waals surface area contributed by atoms with E-state index in [1.165, 1.54) is 10.4 Å². The quantitative estimate of drug-likeness (QED) is 0.748. The van der Waals surface area contributed by atoms with Crippen LogP contribution in [0.4, 0.5) is 0 Å². The van der Waals surface area contributed by atoms with E-state index in [0.717, 1.165) is 0 Å². The van der Waals surface area contributed by atoms with Crippen molar-refractivity contribution in [1.82, 2.24) is 0 Å². The van der Waals surface area contributed by atoms with Gasteiger partial charge in [-0.25, -0.2) is 0 Å². The molecule has 0 aliphatic rings. The average molecular weight is 359 g/mol. The predicted molar refractivity (Wildman–Crippen MR) is 106 cm³/mol. The van der Waals surface area contributed by atoms with Crippen molar-refractivity contribution in [2.24, 2.45) is 0 Å². The highest BCUT2D eigenvalue weighted by Crippen LogP contribution is 2.36. The third-order valence-corrected chi connectivity index (χ3v) is 9.75. The van der Waals surface area contributed by atoms with Crippen LogP contribution in [0.5, 0.6) is 0 Å². The lowest BCUT2D eigenvalue weighted by molar-refractivity contribution is 0.0175. The Balaban J connectivity index is 2.46. The van der Waals surface area contributed by atoms with Crippen LogP contribution in [0.2, 0.25) is 5.04 Å². The molecule has 0 saturated carbocycles. The van der Waals surface area contributed by atoms with E-state index >= 15 is 0 Å². The first-order chi connectivity index (χ1) is 11.8. The first kappa shape index (κ1) is 19.9. The van der Waals surface area contributed by atoms with E-state index in [0.29, 0.717) is 13.0 Å². The van der Waals surface area contributed by atoms with Crippen LogP contribution in [-0.2, 0) is 4.43 Å². The summed E-state index contributed by atoms with van der Waals surface area (Å²) in [5.41, 5.74) is 0. The second-order valence-corrected chi connectivity index (χ2v) is 11.9. The molecule has 0 spiro atoms. The first-order valence-electron chi connectivity index (χ1n) is 8.90. The van der Waals surface area contributed by atoms with Crippen molar-refractivity contribution in [2.45, 2.75) is 51.4 Å². The summed E-state index contributed by atoms with van der Waals surface area (Å²) in [7, 11) is -2.54. The Morgan fingerprint density at radius 2 is 1.32 bits per heavy atom. The molecule has 0 heterocycles. The van der Waals surface area contributed by atoms with Gasteiger partial charge >= 0.3 is 0 Å². The van der Waals surface area contributed by atoms with E-state index in [4.69, 9.17) is 4.43 Å². The SMILES string of the molecule is C[C@@H](O)[C@H](O)CCO[Si](c1ccccc1)(c1ccccc1)C(C)(C)C. The van der Waals surface area contributed by atoms with Gasteiger partial charge in [0, 0.05) is 6.61 Å². The maximum Gasteiger partial charge on any atom is 0.261 e. The van der Waals surface area contributed by atoms with Gasteiger partial charge in [0.25, 0.3) is 8.32 Å². The molecule has 0 saturated heterocycles. The molecule has 0 unspecified atom stereocenters. The van der Waals surface area contributed by atoms with Crippen LogP contribution in [0.25, 0.3) is 0 Å². The number of aliphatic hydroxyl groups excluding tert-OH is 2. The molecule has 2 aromatic carbocycles. The molecule has 2 aromatic rings. The zero-order chi connectivity index (χ0) is 18.5. The van der Waals surface area contributed by atoms with Gasteiger partial charge in [-0.1, -0.05) is 81.4 Å². The Labute approximate surface area is 152 Å². The van der Waals surface area contributed by atoms with Gasteiger partial charge in [-0.2, -0.15) is 0 Å². The standard InChI is InChI=1S/C21H30O3Si/c1-17(22)20(23)15-16-24-25(21(2,3)4,18-11-7-5-8-12-18)19-13-9-6-10-14-19/h5-14,17,20,22-23H,15-16H2,1-4H3/t17-,20-/m1/s1. The molecule has 0 aromatic heterocycles. The van der Waals surface area contributed by atoms with E-state index < -0.39 is 20.5 Å². The van der Waals surface area contributed by atoms with Gasteiger partial charge in [-0.05, 0) is 28.8 Å². The third-order valence-electron chi connectivity index (χ3n) is 4.71. The van der Waals surface area contributed by atoms with E-state index in [1.807, 2.05) is 12.1 Å². The third kappa shape index (κ3) is 4.39. The highest BCUT2D eigenvalue weighted by atomic mass is 28.4. The summed E-state index contributed by atoms with van der Waals surface area (Å²) in [6, 6.07) is 20.9. The lowest BCUT2D eigenvalue weighted by Crippen LogP contribution is -2.66. The minimum absolute atomic E-state index is 0.0779. The number of rotatable bonds is 7. The molecule has 0 aliphatic carbocycles. The van der Waals surface area contributed by atoms with Crippen LogP contribution in [0, 0.1) is 0 Å². The van der Waals surface area contributed by atoms with Crippen molar-refractivity contribution in [1.29, 1.82) is 0 Å². The van der Waals surface area contributed by atoms with Crippen LogP contribution >= 0.6 is 0 Å². The van der Waals surface area contributed by atoms with Crippen LogP contribution in [0.1, 0.15) is 34.1 Å². The summed E-state index contributed by atoms with van der Waals surface area (Å²) in [5, 5.41) is 21.9. The van der Waals surface area contributed by atoms with Crippen molar-refractivity contribution in [3.05, 3.63) is 60.7 Å². The predicted octanol–water partition coefficient (Wildman–Crippen LogP) is 2.69. The molecule has 25 heavy (non-hydrogen) atoms. The van der Waals surface area contributed by atoms with Gasteiger partial charge in [-0.3, -0.25) is 0 Å². The second-order valence-electron chi connectivity index (χ2n) is 7.61. The second kappa shape index (κ2) is 8.28. The van der Waals surface area contributed by atoms with Gasteiger partial charge in [0.05, 0.1) is 12.2 Å². The molecule has 136 valence electrons. The molecule has 3 nitrogen and oxygen atoms in total. The summed E-state index contributed by atoms with van der Waals surface area (Å²) in [4.78, 5) is 0. The summed E-state index contributed by atoms with van der Waals surface area (Å²) in [6.45, 7) is 8.70. The summed E-state index contributed by atoms with van der Waals surface area (Å²) in [6.07, 6.45) is -1.09. The molecule has 0 fully saturated rings. The van der Waals surface area contributed by atoms with Gasteiger partial charge in [-0.15, -0.1) is 0 Å². The average Bonchev–Trinajstić information content (AvgIpc) is 2.59. The normalized spacial score (nSPS) is 15.0. The van der Waals surface area contributed by atoms with Gasteiger partial charge in [0.1, 0.15) is 0 Å². The lowest BCUT2D eigenvalue weighted by atomic mass is 10.2. The summed E-state index contributed by atoms with van der Waals surface area (Å²) in [5.74, 6) is 0. The first-order valence-corrected chi connectivity index (χ1v) is 10.8. The van der Waals surface area contributed by atoms with Crippen LogP contribution in [-0.4, -0.2) is 37.3 Å². The summed E-state index contributed by atoms with van der Waals surface area (Å²) >= 11 is 0. The molecule has 2 atom stereocenters. The van der Waals surface area contributed by atoms with Gasteiger partial charge < -0.3 is 14.6 Å². The molecule has 2 N–H and O–H groups in total. The smallest absolute Gasteiger partial charge is 0.261 e. The minimum Gasteiger partial charge on any atom is -0.407 e. The molecule has 0 bridgehead atoms. The van der Waals surface area contributed by atoms with Crippen LogP contribution < -0.4 is 10.4 Å². The Kier molecular flexibility index (Phi) is 6.57. The van der Waals surface area contributed by atoms with Crippen molar-refractivity contribution in [2.75, 3.05) is 6.61 Å². The van der Waals surface area contributed by atoms with E-state index in [2.05, 4.69) is 69.3 Å². The number of hydrogen-bond acceptors (Lipinski definition) is 3. The fraction of sp³-hybridized carbons (Fsp3) is 0.429.